The molecule has 10 rings (SSSR count). The molecule has 122 heavy (non-hydrogen) atoms. The van der Waals surface area contributed by atoms with Crippen molar-refractivity contribution >= 4 is 23.6 Å². The lowest BCUT2D eigenvalue weighted by molar-refractivity contribution is -0.397. The topological polar surface area (TPSA) is 838 Å². The molecule has 10 aliphatic heterocycles. The molecule has 10 saturated heterocycles. The molecule has 50 atom stereocenters. The summed E-state index contributed by atoms with van der Waals surface area (Å²) < 4.78 is 113. The van der Waals surface area contributed by atoms with Crippen molar-refractivity contribution in [1.82, 2.24) is 21.3 Å². The van der Waals surface area contributed by atoms with E-state index in [2.05, 4.69) is 21.3 Å². The Morgan fingerprint density at radius 1 is 0.230 bits per heavy atom. The zero-order valence-electron chi connectivity index (χ0n) is 65.7. The number of aliphatic hydroxyl groups is 27. The highest BCUT2D eigenvalue weighted by Gasteiger charge is 2.62. The van der Waals surface area contributed by atoms with E-state index in [0.29, 0.717) is 0 Å². The van der Waals surface area contributed by atoms with Crippen molar-refractivity contribution in [2.75, 3.05) is 59.5 Å². The maximum atomic E-state index is 13.2. The quantitative estimate of drug-likeness (QED) is 0.0306. The molecular formula is C68H114N4O50. The summed E-state index contributed by atoms with van der Waals surface area (Å²) in [5, 5.41) is 311. The average Bonchev–Trinajstić information content (AvgIpc) is 0.774. The molecular weight excluding hydrogens is 1670 g/mol. The Labute approximate surface area is 691 Å². The van der Waals surface area contributed by atoms with Crippen molar-refractivity contribution in [1.29, 1.82) is 0 Å². The van der Waals surface area contributed by atoms with Crippen LogP contribution in [0.4, 0.5) is 0 Å². The molecule has 0 aliphatic carbocycles. The minimum Gasteiger partial charge on any atom is -0.394 e. The third kappa shape index (κ3) is 22.0. The predicted molar refractivity (Wildman–Crippen MR) is 375 cm³/mol. The molecule has 10 fully saturated rings. The van der Waals surface area contributed by atoms with E-state index in [1.165, 1.54) is 6.92 Å². The largest absolute Gasteiger partial charge is 0.394 e. The van der Waals surface area contributed by atoms with Gasteiger partial charge in [-0.2, -0.15) is 0 Å². The van der Waals surface area contributed by atoms with Gasteiger partial charge in [-0.3, -0.25) is 19.2 Å². The van der Waals surface area contributed by atoms with Crippen LogP contribution in [0, 0.1) is 0 Å². The van der Waals surface area contributed by atoms with Gasteiger partial charge in [0, 0.05) is 27.7 Å². The SMILES string of the molecule is CC(=O)N[C@@H]1[C@@H](O)[C@H](O[C@@H]2O[C@H](CO)[C@@H](O[C@@H]3O[C@H](CO[C@H]4O[C@H](CO)[C@@H](O)[C@H](O)[C@@H]4O[C@@H]4O[C@H](CO)[C@@H](O[C@@H]5O[C@H](CO)[C@H](O)[C@H](O[C@H]6O[C@H](CO)[C@H](O)[C@H](O)[C@H]6O)[C@H]5O)[C@H](O)[C@H]4NC(C)=O)[C@@H](O)[C@H](O[C@H]4O[C@H](CO)[C@@H](O)[C@H](O)[C@@H]4O[C@@H]4O[C@H](CO)[C@@H](O)[C@H](O)[C@H]4NC(C)=O)[C@@H]3O)[C@H](O)[C@H]2NC(C)=O)[C@@H](CO[C@@H]2O[C@@H](C)[C@@H](O)[C@@H](O)[C@@H]2O)O[C@H]1O. The second kappa shape index (κ2) is 43.6. The van der Waals surface area contributed by atoms with Crippen LogP contribution in [-0.2, 0) is 109 Å². The monoisotopic (exact) mass is 1790 g/mol. The Morgan fingerprint density at radius 2 is 0.508 bits per heavy atom. The lowest BCUT2D eigenvalue weighted by Gasteiger charge is -2.51. The number of hydrogen-bond donors (Lipinski definition) is 31. The first-order valence-corrected chi connectivity index (χ1v) is 39.0. The van der Waals surface area contributed by atoms with Gasteiger partial charge in [-0.05, 0) is 6.92 Å². The van der Waals surface area contributed by atoms with Crippen molar-refractivity contribution in [3.8, 4) is 0 Å². The molecule has 706 valence electrons. The van der Waals surface area contributed by atoms with Crippen molar-refractivity contribution in [2.45, 2.75) is 341 Å². The molecule has 54 nitrogen and oxygen atoms in total. The average molecular weight is 1790 g/mol. The smallest absolute Gasteiger partial charge is 0.217 e. The first-order valence-electron chi connectivity index (χ1n) is 39.0. The Morgan fingerprint density at radius 3 is 0.959 bits per heavy atom. The summed E-state index contributed by atoms with van der Waals surface area (Å²) in [4.78, 5) is 51.3. The first-order chi connectivity index (χ1) is 57.7. The normalized spacial score (nSPS) is 49.7. The molecule has 54 heteroatoms. The lowest BCUT2D eigenvalue weighted by Crippen LogP contribution is -2.71. The molecule has 0 bridgehead atoms. The number of rotatable bonds is 31. The van der Waals surface area contributed by atoms with Crippen molar-refractivity contribution in [3.63, 3.8) is 0 Å². The third-order valence-electron chi connectivity index (χ3n) is 22.4. The number of aliphatic hydroxyl groups excluding tert-OH is 27. The van der Waals surface area contributed by atoms with Crippen LogP contribution in [0.1, 0.15) is 34.6 Å². The Kier molecular flexibility index (Phi) is 35.8. The maximum Gasteiger partial charge on any atom is 0.217 e. The van der Waals surface area contributed by atoms with Crippen LogP contribution in [0.5, 0.6) is 0 Å². The van der Waals surface area contributed by atoms with E-state index < -0.39 is 390 Å². The summed E-state index contributed by atoms with van der Waals surface area (Å²) in [6.45, 7) is -4.79. The number of nitrogens with one attached hydrogen (secondary N) is 4. The van der Waals surface area contributed by atoms with Gasteiger partial charge in [-0.15, -0.1) is 0 Å². The fourth-order valence-electron chi connectivity index (χ4n) is 15.8. The molecule has 0 spiro atoms. The van der Waals surface area contributed by atoms with Crippen LogP contribution in [0.25, 0.3) is 0 Å². The van der Waals surface area contributed by atoms with Crippen LogP contribution < -0.4 is 21.3 Å². The highest BCUT2D eigenvalue weighted by molar-refractivity contribution is 5.74. The van der Waals surface area contributed by atoms with E-state index in [0.717, 1.165) is 27.7 Å². The van der Waals surface area contributed by atoms with Gasteiger partial charge in [0.2, 0.25) is 23.6 Å². The summed E-state index contributed by atoms with van der Waals surface area (Å²) in [6.07, 6.45) is -95.1. The minimum absolute atomic E-state index is 0.840. The van der Waals surface area contributed by atoms with E-state index in [-0.39, 0.29) is 0 Å². The van der Waals surface area contributed by atoms with E-state index >= 15 is 0 Å². The molecule has 0 radical (unpaired) electrons. The number of hydrogen-bond acceptors (Lipinski definition) is 50. The molecule has 0 aromatic rings. The fourth-order valence-corrected chi connectivity index (χ4v) is 15.8. The molecule has 10 heterocycles. The molecule has 0 aromatic heterocycles. The number of carbonyl (C=O) groups excluding carboxylic acids is 4. The van der Waals surface area contributed by atoms with Gasteiger partial charge in [0.05, 0.1) is 65.6 Å². The predicted octanol–water partition coefficient (Wildman–Crippen LogP) is -21.2. The van der Waals surface area contributed by atoms with E-state index in [9.17, 15) is 157 Å². The summed E-state index contributed by atoms with van der Waals surface area (Å²) >= 11 is 0. The highest BCUT2D eigenvalue weighted by atomic mass is 16.8. The molecule has 0 saturated carbocycles. The number of carbonyl (C=O) groups is 4. The van der Waals surface area contributed by atoms with Gasteiger partial charge in [0.15, 0.2) is 62.9 Å². The second-order valence-corrected chi connectivity index (χ2v) is 31.0. The zero-order valence-corrected chi connectivity index (χ0v) is 65.7. The summed E-state index contributed by atoms with van der Waals surface area (Å²) in [5.74, 6) is -3.70. The third-order valence-corrected chi connectivity index (χ3v) is 22.4. The first kappa shape index (κ1) is 100. The van der Waals surface area contributed by atoms with Crippen LogP contribution in [-0.4, -0.2) is 528 Å². The molecule has 4 amide bonds. The highest BCUT2D eigenvalue weighted by Crippen LogP contribution is 2.41. The Balaban J connectivity index is 0.960. The van der Waals surface area contributed by atoms with Crippen molar-refractivity contribution < 1.29 is 247 Å². The molecule has 31 N–H and O–H groups in total. The summed E-state index contributed by atoms with van der Waals surface area (Å²) in [6, 6.07) is -7.57. The van der Waals surface area contributed by atoms with Crippen molar-refractivity contribution in [2.24, 2.45) is 0 Å². The van der Waals surface area contributed by atoms with Gasteiger partial charge in [0.25, 0.3) is 0 Å². The van der Waals surface area contributed by atoms with Crippen LogP contribution in [0.15, 0.2) is 0 Å². The van der Waals surface area contributed by atoms with Gasteiger partial charge in [0.1, 0.15) is 238 Å². The van der Waals surface area contributed by atoms with Crippen molar-refractivity contribution in [3.05, 3.63) is 0 Å². The van der Waals surface area contributed by atoms with Crippen LogP contribution >= 0.6 is 0 Å². The maximum absolute atomic E-state index is 13.2. The summed E-state index contributed by atoms with van der Waals surface area (Å²) in [7, 11) is 0. The Bertz CT molecular complexity index is 3290. The van der Waals surface area contributed by atoms with E-state index in [1.54, 1.807) is 0 Å². The number of amides is 4. The lowest BCUT2D eigenvalue weighted by atomic mass is 9.93. The second-order valence-electron chi connectivity index (χ2n) is 31.0. The molecule has 0 unspecified atom stereocenters. The zero-order chi connectivity index (χ0) is 89.8. The fraction of sp³-hybridized carbons (Fsp3) is 0.941. The Hall–Kier alpha value is -3.96. The molecule has 10 aliphatic rings. The van der Waals surface area contributed by atoms with E-state index in [4.69, 9.17) is 90.0 Å². The van der Waals surface area contributed by atoms with Gasteiger partial charge in [-0.1, -0.05) is 0 Å². The standard InChI is InChI=1S/C68H114N4O50/c1-15-33(84)44(95)48(99)63(106-15)104-14-28-54(41(92)29(59(103)107-28)69-16(2)80)116-61-31(71-18(4)82)42(93)53(25(11-78)113-61)118-66-51(102)56(120-68-58(47(98)37(88)23(9-76)112-68)122-60-30(70-17(3)81)40(91)34(85)20(6-73)108-60)39(90)27(115-66)13-105-67-57(46(97)36(87)22(8-75)111-67)121-62-32(72-19(5)83)43(94)52(26(12-79)114-62)117-65-50(101)55(38(89)24(10-77)110-65)119-64-49(100)45(96)35(86)21(7-74)109-64/h15,20-68,73-79,84-103H,6-14H2,1-5H3,(H,69,80)(H,70,81)(H,71,82)(H,72,83)/t15-,20+,21+,22+,23+,24+,25+,26+,27+,28+,29+,30+,31+,32+,33+,34+,35-,36+,37+,38-,39+,40+,41+,42+,43+,44+,45-,46-,47-,48-,49+,50+,51-,52+,53+,54+,55-,56-,57-,58-,59+,60-,61-,62-,63+,64+,65-,66-,67-,68+/m0/s1. The van der Waals surface area contributed by atoms with Crippen LogP contribution in [0.3, 0.4) is 0 Å². The molecule has 0 aromatic carbocycles. The van der Waals surface area contributed by atoms with Gasteiger partial charge < -0.3 is 249 Å². The number of ether oxygens (including phenoxy) is 19. The van der Waals surface area contributed by atoms with Crippen LogP contribution in [0.2, 0.25) is 0 Å². The summed E-state index contributed by atoms with van der Waals surface area (Å²) in [5.41, 5.74) is 0. The van der Waals surface area contributed by atoms with Gasteiger partial charge in [-0.25, -0.2) is 0 Å². The minimum atomic E-state index is -2.59. The van der Waals surface area contributed by atoms with Gasteiger partial charge >= 0.3 is 0 Å². The van der Waals surface area contributed by atoms with E-state index in [1.807, 2.05) is 0 Å².